The van der Waals surface area contributed by atoms with Crippen molar-refractivity contribution in [3.8, 4) is 0 Å². The van der Waals surface area contributed by atoms with Crippen LogP contribution in [-0.2, 0) is 19.1 Å². The summed E-state index contributed by atoms with van der Waals surface area (Å²) in [5, 5.41) is 3.17. The van der Waals surface area contributed by atoms with Crippen LogP contribution in [0.15, 0.2) is 12.2 Å². The highest BCUT2D eigenvalue weighted by Gasteiger charge is 2.20. The Hall–Kier alpha value is -1.36. The van der Waals surface area contributed by atoms with Crippen molar-refractivity contribution in [1.82, 2.24) is 5.32 Å². The molecule has 1 N–H and O–H groups in total. The van der Waals surface area contributed by atoms with E-state index < -0.39 is 5.60 Å². The third-order valence-electron chi connectivity index (χ3n) is 4.10. The van der Waals surface area contributed by atoms with Crippen molar-refractivity contribution in [2.45, 2.75) is 65.4 Å². The zero-order chi connectivity index (χ0) is 18.0. The summed E-state index contributed by atoms with van der Waals surface area (Å²) < 4.78 is 10.2. The molecule has 0 unspecified atom stereocenters. The van der Waals surface area contributed by atoms with Gasteiger partial charge in [-0.15, -0.1) is 0 Å². The van der Waals surface area contributed by atoms with Crippen LogP contribution < -0.4 is 5.32 Å². The number of nitrogens with one attached hydrogen (secondary N) is 1. The Morgan fingerprint density at radius 2 is 1.83 bits per heavy atom. The molecule has 138 valence electrons. The molecular weight excluding hydrogens is 306 g/mol. The van der Waals surface area contributed by atoms with Crippen LogP contribution in [0.3, 0.4) is 0 Å². The lowest BCUT2D eigenvalue weighted by atomic mass is 9.80. The first-order valence-corrected chi connectivity index (χ1v) is 9.07. The lowest BCUT2D eigenvalue weighted by molar-refractivity contribution is -0.153. The molecule has 0 aromatic carbocycles. The van der Waals surface area contributed by atoms with Crippen molar-refractivity contribution in [3.05, 3.63) is 12.2 Å². The minimum atomic E-state index is -0.422. The maximum Gasteiger partial charge on any atom is 0.330 e. The van der Waals surface area contributed by atoms with E-state index in [2.05, 4.69) is 5.32 Å². The number of carbonyl (C=O) groups excluding carboxylic acids is 2. The highest BCUT2D eigenvalue weighted by atomic mass is 16.6. The molecule has 24 heavy (non-hydrogen) atoms. The largest absolute Gasteiger partial charge is 0.463 e. The highest BCUT2D eigenvalue weighted by Crippen LogP contribution is 2.31. The SMILES string of the molecule is CCOC(=O)/C=C/[C@H]1CC[C@H](CCNCC(=O)OC(C)(C)C)CC1. The predicted octanol–water partition coefficient (Wildman–Crippen LogP) is 3.23. The highest BCUT2D eigenvalue weighted by molar-refractivity contribution is 5.81. The smallest absolute Gasteiger partial charge is 0.330 e. The lowest BCUT2D eigenvalue weighted by Crippen LogP contribution is -2.32. The summed E-state index contributed by atoms with van der Waals surface area (Å²) in [5.74, 6) is 0.741. The Balaban J connectivity index is 2.12. The molecular formula is C19H33NO4. The average Bonchev–Trinajstić information content (AvgIpc) is 2.49. The zero-order valence-corrected chi connectivity index (χ0v) is 15.6. The number of carbonyl (C=O) groups is 2. The van der Waals surface area contributed by atoms with E-state index in [0.29, 0.717) is 18.4 Å². The van der Waals surface area contributed by atoms with Gasteiger partial charge in [0.25, 0.3) is 0 Å². The first kappa shape index (κ1) is 20.7. The van der Waals surface area contributed by atoms with Gasteiger partial charge in [-0.25, -0.2) is 4.79 Å². The molecule has 0 bridgehead atoms. The number of ether oxygens (including phenoxy) is 2. The molecule has 1 saturated carbocycles. The fourth-order valence-corrected chi connectivity index (χ4v) is 2.95. The molecule has 0 aromatic heterocycles. The van der Waals surface area contributed by atoms with Gasteiger partial charge < -0.3 is 14.8 Å². The zero-order valence-electron chi connectivity index (χ0n) is 15.6. The van der Waals surface area contributed by atoms with E-state index >= 15 is 0 Å². The van der Waals surface area contributed by atoms with Crippen LogP contribution in [-0.4, -0.2) is 37.2 Å². The van der Waals surface area contributed by atoms with Crippen LogP contribution in [0.5, 0.6) is 0 Å². The molecule has 1 aliphatic carbocycles. The fraction of sp³-hybridized carbons (Fsp3) is 0.789. The summed E-state index contributed by atoms with van der Waals surface area (Å²) in [6, 6.07) is 0. The van der Waals surface area contributed by atoms with E-state index in [4.69, 9.17) is 9.47 Å². The van der Waals surface area contributed by atoms with Gasteiger partial charge in [-0.3, -0.25) is 4.79 Å². The van der Waals surface area contributed by atoms with Crippen LogP contribution in [0, 0.1) is 11.8 Å². The van der Waals surface area contributed by atoms with E-state index in [9.17, 15) is 9.59 Å². The molecule has 0 amide bonds. The molecule has 0 aliphatic heterocycles. The Morgan fingerprint density at radius 1 is 1.17 bits per heavy atom. The third kappa shape index (κ3) is 9.71. The van der Waals surface area contributed by atoms with Crippen molar-refractivity contribution in [3.63, 3.8) is 0 Å². The van der Waals surface area contributed by atoms with Crippen molar-refractivity contribution in [2.24, 2.45) is 11.8 Å². The quantitative estimate of drug-likeness (QED) is 0.418. The molecule has 0 atom stereocenters. The van der Waals surface area contributed by atoms with Gasteiger partial charge in [0, 0.05) is 6.08 Å². The van der Waals surface area contributed by atoms with Gasteiger partial charge in [0.15, 0.2) is 0 Å². The summed E-state index contributed by atoms with van der Waals surface area (Å²) in [4.78, 5) is 22.9. The average molecular weight is 339 g/mol. The fourth-order valence-electron chi connectivity index (χ4n) is 2.95. The van der Waals surface area contributed by atoms with E-state index in [1.54, 1.807) is 6.08 Å². The molecule has 0 heterocycles. The van der Waals surface area contributed by atoms with Gasteiger partial charge in [-0.2, -0.15) is 0 Å². The molecule has 0 spiro atoms. The van der Waals surface area contributed by atoms with Crippen LogP contribution >= 0.6 is 0 Å². The molecule has 0 saturated heterocycles. The van der Waals surface area contributed by atoms with Crippen LogP contribution in [0.1, 0.15) is 59.8 Å². The van der Waals surface area contributed by atoms with Crippen LogP contribution in [0.4, 0.5) is 0 Å². The van der Waals surface area contributed by atoms with Gasteiger partial charge in [0.1, 0.15) is 5.60 Å². The lowest BCUT2D eigenvalue weighted by Gasteiger charge is -2.26. The van der Waals surface area contributed by atoms with Gasteiger partial charge in [0.05, 0.1) is 13.2 Å². The van der Waals surface area contributed by atoms with Crippen molar-refractivity contribution in [2.75, 3.05) is 19.7 Å². The maximum atomic E-state index is 11.6. The van der Waals surface area contributed by atoms with Crippen molar-refractivity contribution < 1.29 is 19.1 Å². The summed E-state index contributed by atoms with van der Waals surface area (Å²) in [6.07, 6.45) is 9.22. The van der Waals surface area contributed by atoms with Gasteiger partial charge in [-0.05, 0) is 78.2 Å². The number of allylic oxidation sites excluding steroid dienone is 1. The first-order chi connectivity index (χ1) is 11.3. The minimum Gasteiger partial charge on any atom is -0.463 e. The predicted molar refractivity (Wildman–Crippen MR) is 94.6 cm³/mol. The molecule has 0 radical (unpaired) electrons. The molecule has 5 nitrogen and oxygen atoms in total. The summed E-state index contributed by atoms with van der Waals surface area (Å²) in [7, 11) is 0. The normalized spacial score (nSPS) is 21.7. The second kappa shape index (κ2) is 10.5. The van der Waals surface area contributed by atoms with E-state index in [1.165, 1.54) is 12.8 Å². The number of hydrogen-bond acceptors (Lipinski definition) is 5. The van der Waals surface area contributed by atoms with E-state index in [-0.39, 0.29) is 18.5 Å². The van der Waals surface area contributed by atoms with Crippen LogP contribution in [0.25, 0.3) is 0 Å². The summed E-state index contributed by atoms with van der Waals surface area (Å²) in [5.41, 5.74) is -0.422. The summed E-state index contributed by atoms with van der Waals surface area (Å²) in [6.45, 7) is 8.97. The summed E-state index contributed by atoms with van der Waals surface area (Å²) >= 11 is 0. The maximum absolute atomic E-state index is 11.6. The van der Waals surface area contributed by atoms with Gasteiger partial charge in [0.2, 0.25) is 0 Å². The number of esters is 2. The molecule has 5 heteroatoms. The minimum absolute atomic E-state index is 0.199. The second-order valence-electron chi connectivity index (χ2n) is 7.44. The van der Waals surface area contributed by atoms with E-state index in [0.717, 1.165) is 25.8 Å². The Bertz CT molecular complexity index is 418. The van der Waals surface area contributed by atoms with Crippen LogP contribution in [0.2, 0.25) is 0 Å². The van der Waals surface area contributed by atoms with E-state index in [1.807, 2.05) is 33.8 Å². The number of rotatable bonds is 8. The monoisotopic (exact) mass is 339 g/mol. The Morgan fingerprint density at radius 3 is 2.42 bits per heavy atom. The third-order valence-corrected chi connectivity index (χ3v) is 4.10. The molecule has 1 fully saturated rings. The topological polar surface area (TPSA) is 64.6 Å². The van der Waals surface area contributed by atoms with Gasteiger partial charge in [-0.1, -0.05) is 6.08 Å². The standard InChI is InChI=1S/C19H33NO4/c1-5-23-17(21)11-10-15-6-8-16(9-7-15)12-13-20-14-18(22)24-19(2,3)4/h10-11,15-16,20H,5-9,12-14H2,1-4H3/b11-10+/t15-,16-. The van der Waals surface area contributed by atoms with Crippen molar-refractivity contribution >= 4 is 11.9 Å². The molecule has 1 aliphatic rings. The Kier molecular flexibility index (Phi) is 9.04. The Labute approximate surface area is 146 Å². The molecule has 1 rings (SSSR count). The molecule has 0 aromatic rings. The number of hydrogen-bond donors (Lipinski definition) is 1. The van der Waals surface area contributed by atoms with Gasteiger partial charge >= 0.3 is 11.9 Å². The van der Waals surface area contributed by atoms with Crippen molar-refractivity contribution in [1.29, 1.82) is 0 Å². The first-order valence-electron chi connectivity index (χ1n) is 9.07. The second-order valence-corrected chi connectivity index (χ2v) is 7.44.